The molecule has 21 heavy (non-hydrogen) atoms. The molecule has 0 aromatic rings. The van der Waals surface area contributed by atoms with E-state index in [2.05, 4.69) is 23.9 Å². The molecular formula is C18H37NO2. The van der Waals surface area contributed by atoms with Crippen molar-refractivity contribution in [3.63, 3.8) is 0 Å². The Morgan fingerprint density at radius 2 is 1.38 bits per heavy atom. The largest absolute Gasteiger partial charge is 0.469 e. The van der Waals surface area contributed by atoms with Crippen LogP contribution in [0, 0.1) is 5.92 Å². The molecule has 0 saturated heterocycles. The summed E-state index contributed by atoms with van der Waals surface area (Å²) in [4.78, 5) is 10.9. The van der Waals surface area contributed by atoms with Crippen molar-refractivity contribution in [1.29, 1.82) is 0 Å². The number of nitrogens with one attached hydrogen (secondary N) is 1. The molecule has 0 aromatic carbocycles. The van der Waals surface area contributed by atoms with Crippen LogP contribution in [0.15, 0.2) is 0 Å². The number of hydrogen-bond donors (Lipinski definition) is 1. The Balaban J connectivity index is 3.01. The molecule has 0 aliphatic rings. The molecule has 0 atom stereocenters. The second-order valence-corrected chi connectivity index (χ2v) is 6.44. The average molecular weight is 299 g/mol. The number of ether oxygens (including phenoxy) is 1. The number of hydrogen-bond acceptors (Lipinski definition) is 3. The van der Waals surface area contributed by atoms with E-state index in [0.29, 0.717) is 6.42 Å². The molecule has 3 heteroatoms. The fourth-order valence-corrected chi connectivity index (χ4v) is 2.46. The fraction of sp³-hybridized carbons (Fsp3) is 0.944. The maximum absolute atomic E-state index is 10.9. The summed E-state index contributed by atoms with van der Waals surface area (Å²) in [6.07, 6.45) is 14.2. The number of unbranched alkanes of at least 4 members (excludes halogenated alkanes) is 8. The number of carbonyl (C=O) groups excluding carboxylic acids is 1. The van der Waals surface area contributed by atoms with Gasteiger partial charge in [-0.15, -0.1) is 0 Å². The minimum absolute atomic E-state index is 0.129. The van der Waals surface area contributed by atoms with Gasteiger partial charge >= 0.3 is 5.97 Å². The predicted octanol–water partition coefficient (Wildman–Crippen LogP) is 4.70. The lowest BCUT2D eigenvalue weighted by molar-refractivity contribution is -0.140. The summed E-state index contributed by atoms with van der Waals surface area (Å²) in [7, 11) is 1.44. The van der Waals surface area contributed by atoms with Gasteiger partial charge in [0.25, 0.3) is 0 Å². The van der Waals surface area contributed by atoms with Crippen molar-refractivity contribution in [2.45, 2.75) is 84.5 Å². The van der Waals surface area contributed by atoms with Gasteiger partial charge in [0.1, 0.15) is 0 Å². The molecule has 126 valence electrons. The predicted molar refractivity (Wildman–Crippen MR) is 90.5 cm³/mol. The van der Waals surface area contributed by atoms with E-state index in [4.69, 9.17) is 0 Å². The third-order valence-electron chi connectivity index (χ3n) is 3.87. The molecule has 0 unspecified atom stereocenters. The van der Waals surface area contributed by atoms with Crippen molar-refractivity contribution < 1.29 is 9.53 Å². The summed E-state index contributed by atoms with van der Waals surface area (Å²) in [5.74, 6) is 0.738. The van der Waals surface area contributed by atoms with Crippen molar-refractivity contribution in [1.82, 2.24) is 5.32 Å². The Labute approximate surface area is 132 Å². The Kier molecular flexibility index (Phi) is 15.4. The minimum Gasteiger partial charge on any atom is -0.469 e. The van der Waals surface area contributed by atoms with Crippen LogP contribution < -0.4 is 5.32 Å². The molecule has 3 nitrogen and oxygen atoms in total. The lowest BCUT2D eigenvalue weighted by Crippen LogP contribution is -2.19. The van der Waals surface area contributed by atoms with Gasteiger partial charge in [0, 0.05) is 6.54 Å². The normalized spacial score (nSPS) is 11.0. The van der Waals surface area contributed by atoms with E-state index in [-0.39, 0.29) is 5.97 Å². The maximum Gasteiger partial charge on any atom is 0.306 e. The van der Waals surface area contributed by atoms with Gasteiger partial charge in [0.05, 0.1) is 13.5 Å². The molecule has 0 aliphatic heterocycles. The van der Waals surface area contributed by atoms with Crippen LogP contribution in [-0.2, 0) is 9.53 Å². The zero-order valence-corrected chi connectivity index (χ0v) is 14.6. The molecular weight excluding hydrogens is 262 g/mol. The first kappa shape index (κ1) is 20.4. The van der Waals surface area contributed by atoms with Crippen molar-refractivity contribution in [2.75, 3.05) is 20.2 Å². The van der Waals surface area contributed by atoms with Gasteiger partial charge in [-0.05, 0) is 18.9 Å². The Morgan fingerprint density at radius 3 is 1.90 bits per heavy atom. The van der Waals surface area contributed by atoms with E-state index in [1.54, 1.807) is 0 Å². The van der Waals surface area contributed by atoms with Crippen molar-refractivity contribution >= 4 is 5.97 Å². The molecule has 0 spiro atoms. The highest BCUT2D eigenvalue weighted by Gasteiger charge is 1.98. The van der Waals surface area contributed by atoms with Crippen molar-refractivity contribution in [3.8, 4) is 0 Å². The van der Waals surface area contributed by atoms with E-state index in [9.17, 15) is 4.79 Å². The first-order valence-corrected chi connectivity index (χ1v) is 8.94. The molecule has 0 radical (unpaired) electrons. The van der Waals surface area contributed by atoms with Crippen LogP contribution in [0.25, 0.3) is 0 Å². The summed E-state index contributed by atoms with van der Waals surface area (Å²) in [5.41, 5.74) is 0. The van der Waals surface area contributed by atoms with Crippen LogP contribution in [0.1, 0.15) is 84.5 Å². The quantitative estimate of drug-likeness (QED) is 0.352. The van der Waals surface area contributed by atoms with Gasteiger partial charge in [0.2, 0.25) is 0 Å². The van der Waals surface area contributed by atoms with Crippen molar-refractivity contribution in [3.05, 3.63) is 0 Å². The van der Waals surface area contributed by atoms with E-state index < -0.39 is 0 Å². The monoisotopic (exact) mass is 299 g/mol. The molecule has 1 N–H and O–H groups in total. The molecule has 0 aromatic heterocycles. The van der Waals surface area contributed by atoms with E-state index >= 15 is 0 Å². The third kappa shape index (κ3) is 17.4. The van der Waals surface area contributed by atoms with E-state index in [1.807, 2.05) is 0 Å². The second-order valence-electron chi connectivity index (χ2n) is 6.44. The number of methoxy groups -OCH3 is 1. The van der Waals surface area contributed by atoms with Crippen LogP contribution >= 0.6 is 0 Å². The Morgan fingerprint density at radius 1 is 0.857 bits per heavy atom. The standard InChI is InChI=1S/C18H37NO2/c1-17(2)13-11-9-7-5-4-6-8-10-12-15-19-16-14-18(20)21-3/h17,19H,4-16H2,1-3H3. The average Bonchev–Trinajstić information content (AvgIpc) is 2.46. The number of rotatable bonds is 15. The maximum atomic E-state index is 10.9. The Hall–Kier alpha value is -0.570. The smallest absolute Gasteiger partial charge is 0.306 e. The summed E-state index contributed by atoms with van der Waals surface area (Å²) < 4.78 is 4.59. The van der Waals surface area contributed by atoms with Gasteiger partial charge in [0.15, 0.2) is 0 Å². The second kappa shape index (κ2) is 15.8. The molecule has 0 amide bonds. The van der Waals surface area contributed by atoms with Gasteiger partial charge in [-0.1, -0.05) is 71.6 Å². The number of carbonyl (C=O) groups is 1. The molecule has 0 aliphatic carbocycles. The highest BCUT2D eigenvalue weighted by molar-refractivity contribution is 5.69. The van der Waals surface area contributed by atoms with Gasteiger partial charge in [-0.3, -0.25) is 4.79 Å². The number of esters is 1. The minimum atomic E-state index is -0.129. The highest BCUT2D eigenvalue weighted by atomic mass is 16.5. The van der Waals surface area contributed by atoms with Crippen LogP contribution in [0.2, 0.25) is 0 Å². The molecule has 0 saturated carbocycles. The third-order valence-corrected chi connectivity index (χ3v) is 3.87. The topological polar surface area (TPSA) is 38.3 Å². The van der Waals surface area contributed by atoms with Crippen LogP contribution in [0.5, 0.6) is 0 Å². The SMILES string of the molecule is COC(=O)CCNCCCCCCCCCCCC(C)C. The van der Waals surface area contributed by atoms with Gasteiger partial charge < -0.3 is 10.1 Å². The summed E-state index contributed by atoms with van der Waals surface area (Å²) >= 11 is 0. The van der Waals surface area contributed by atoms with Crippen LogP contribution in [0.3, 0.4) is 0 Å². The fourth-order valence-electron chi connectivity index (χ4n) is 2.46. The first-order chi connectivity index (χ1) is 10.2. The zero-order valence-electron chi connectivity index (χ0n) is 14.6. The Bertz CT molecular complexity index is 229. The van der Waals surface area contributed by atoms with E-state index in [0.717, 1.165) is 19.0 Å². The molecule has 0 heterocycles. The summed E-state index contributed by atoms with van der Waals surface area (Å²) in [6, 6.07) is 0. The van der Waals surface area contributed by atoms with Crippen molar-refractivity contribution in [2.24, 2.45) is 5.92 Å². The molecule has 0 fully saturated rings. The summed E-state index contributed by atoms with van der Waals surface area (Å²) in [5, 5.41) is 3.28. The zero-order chi connectivity index (χ0) is 15.8. The van der Waals surface area contributed by atoms with E-state index in [1.165, 1.54) is 71.3 Å². The molecule has 0 rings (SSSR count). The lowest BCUT2D eigenvalue weighted by Gasteiger charge is -2.05. The highest BCUT2D eigenvalue weighted by Crippen LogP contribution is 2.12. The van der Waals surface area contributed by atoms with Crippen LogP contribution in [0.4, 0.5) is 0 Å². The van der Waals surface area contributed by atoms with Gasteiger partial charge in [-0.25, -0.2) is 0 Å². The summed E-state index contributed by atoms with van der Waals surface area (Å²) in [6.45, 7) is 6.38. The van der Waals surface area contributed by atoms with Gasteiger partial charge in [-0.2, -0.15) is 0 Å². The lowest BCUT2D eigenvalue weighted by atomic mass is 10.0. The molecule has 0 bridgehead atoms. The van der Waals surface area contributed by atoms with Crippen LogP contribution in [-0.4, -0.2) is 26.2 Å². The first-order valence-electron chi connectivity index (χ1n) is 8.94.